The maximum Gasteiger partial charge on any atom is 0.411 e. The van der Waals surface area contributed by atoms with Gasteiger partial charge in [0.2, 0.25) is 0 Å². The average Bonchev–Trinajstić information content (AvgIpc) is 3.24. The van der Waals surface area contributed by atoms with Crippen LogP contribution in [0.2, 0.25) is 0 Å². The Morgan fingerprint density at radius 3 is 2.70 bits per heavy atom. The normalized spacial score (nSPS) is 15.2. The summed E-state index contributed by atoms with van der Waals surface area (Å²) in [5.41, 5.74) is 1.97. The van der Waals surface area contributed by atoms with E-state index in [2.05, 4.69) is 31.3 Å². The number of anilines is 1. The number of nitrogens with zero attached hydrogens (tertiary/aromatic N) is 2. The van der Waals surface area contributed by atoms with Crippen LogP contribution in [0.4, 0.5) is 10.5 Å². The Morgan fingerprint density at radius 2 is 1.93 bits per heavy atom. The molecule has 0 spiro atoms. The second-order valence-electron chi connectivity index (χ2n) is 7.29. The smallest absolute Gasteiger partial charge is 0.411 e. The van der Waals surface area contributed by atoms with Crippen LogP contribution >= 0.6 is 15.9 Å². The molecular weight excluding hydrogens is 450 g/mol. The highest BCUT2D eigenvalue weighted by Crippen LogP contribution is 2.24. The Hall–Kier alpha value is -2.71. The van der Waals surface area contributed by atoms with Crippen molar-refractivity contribution in [3.05, 3.63) is 58.7 Å². The van der Waals surface area contributed by atoms with E-state index in [1.807, 2.05) is 24.3 Å². The van der Waals surface area contributed by atoms with Gasteiger partial charge in [0.25, 0.3) is 0 Å². The zero-order valence-corrected chi connectivity index (χ0v) is 17.9. The van der Waals surface area contributed by atoms with E-state index in [-0.39, 0.29) is 18.3 Å². The third-order valence-corrected chi connectivity index (χ3v) is 5.89. The monoisotopic (exact) mass is 471 g/mol. The Bertz CT molecular complexity index is 1030. The number of hydrogen-bond donors (Lipinski definition) is 1. The number of carbonyl (C=O) groups is 2. The van der Waals surface area contributed by atoms with Gasteiger partial charge < -0.3 is 9.26 Å². The fraction of sp³-hybridized carbons (Fsp3) is 0.318. The number of Topliss-reactive ketones (excluding diaryl/α,β-unsaturated/α-hetero) is 1. The molecule has 0 bridgehead atoms. The van der Waals surface area contributed by atoms with Gasteiger partial charge in [-0.3, -0.25) is 15.0 Å². The first-order valence-corrected chi connectivity index (χ1v) is 10.7. The maximum atomic E-state index is 12.6. The summed E-state index contributed by atoms with van der Waals surface area (Å²) in [6.07, 6.45) is 2.68. The number of piperidine rings is 1. The number of nitrogens with one attached hydrogen (secondary N) is 1. The fourth-order valence-corrected chi connectivity index (χ4v) is 3.95. The van der Waals surface area contributed by atoms with Crippen molar-refractivity contribution in [2.24, 2.45) is 5.92 Å². The molecule has 2 aromatic carbocycles. The molecule has 0 atom stereocenters. The van der Waals surface area contributed by atoms with Crippen LogP contribution in [-0.4, -0.2) is 48.2 Å². The van der Waals surface area contributed by atoms with Crippen LogP contribution in [-0.2, 0) is 4.74 Å². The van der Waals surface area contributed by atoms with Gasteiger partial charge in [-0.1, -0.05) is 39.3 Å². The van der Waals surface area contributed by atoms with Gasteiger partial charge in [-0.05, 0) is 50.2 Å². The topological polar surface area (TPSA) is 84.7 Å². The van der Waals surface area contributed by atoms with Crippen LogP contribution in [0.15, 0.2) is 57.7 Å². The highest BCUT2D eigenvalue weighted by atomic mass is 79.9. The van der Waals surface area contributed by atoms with Crippen LogP contribution in [0.5, 0.6) is 0 Å². The molecule has 0 unspecified atom stereocenters. The average molecular weight is 472 g/mol. The number of hydrogen-bond acceptors (Lipinski definition) is 6. The third kappa shape index (κ3) is 4.88. The molecule has 1 N–H and O–H groups in total. The Morgan fingerprint density at radius 1 is 1.17 bits per heavy atom. The molecule has 2 heterocycles. The van der Waals surface area contributed by atoms with Crippen molar-refractivity contribution in [2.75, 3.05) is 31.6 Å². The van der Waals surface area contributed by atoms with Crippen LogP contribution in [0.3, 0.4) is 0 Å². The molecule has 30 heavy (non-hydrogen) atoms. The maximum absolute atomic E-state index is 12.6. The number of likely N-dealkylation sites (tertiary alicyclic amines) is 1. The van der Waals surface area contributed by atoms with Gasteiger partial charge in [0, 0.05) is 22.5 Å². The molecular formula is C22H22BrN3O4. The van der Waals surface area contributed by atoms with Crippen LogP contribution < -0.4 is 5.32 Å². The highest BCUT2D eigenvalue weighted by molar-refractivity contribution is 9.10. The molecule has 1 aliphatic rings. The van der Waals surface area contributed by atoms with E-state index in [1.54, 1.807) is 24.4 Å². The van der Waals surface area contributed by atoms with E-state index in [4.69, 9.17) is 9.26 Å². The minimum atomic E-state index is -0.510. The van der Waals surface area contributed by atoms with E-state index >= 15 is 0 Å². The molecule has 1 aliphatic heterocycles. The quantitative estimate of drug-likeness (QED) is 0.522. The van der Waals surface area contributed by atoms with Crippen molar-refractivity contribution in [1.82, 2.24) is 10.1 Å². The van der Waals surface area contributed by atoms with Crippen molar-refractivity contribution >= 4 is 44.5 Å². The van der Waals surface area contributed by atoms with E-state index in [0.717, 1.165) is 41.4 Å². The second kappa shape index (κ2) is 9.40. The lowest BCUT2D eigenvalue weighted by atomic mass is 9.89. The van der Waals surface area contributed by atoms with Crippen molar-refractivity contribution in [2.45, 2.75) is 12.8 Å². The van der Waals surface area contributed by atoms with Crippen LogP contribution in [0.1, 0.15) is 23.2 Å². The summed E-state index contributed by atoms with van der Waals surface area (Å²) in [7, 11) is 0. The number of aromatic nitrogens is 1. The molecule has 0 saturated carbocycles. The minimum absolute atomic E-state index is 0.0516. The Kier molecular flexibility index (Phi) is 6.44. The number of halogens is 1. The van der Waals surface area contributed by atoms with Crippen LogP contribution in [0.25, 0.3) is 11.0 Å². The molecule has 3 aromatic rings. The first kappa shape index (κ1) is 20.6. The summed E-state index contributed by atoms with van der Waals surface area (Å²) in [5.74, 6) is 0.261. The number of amides is 1. The molecule has 1 aromatic heterocycles. The summed E-state index contributed by atoms with van der Waals surface area (Å²) < 4.78 is 11.4. The van der Waals surface area contributed by atoms with Gasteiger partial charge in [0.15, 0.2) is 11.4 Å². The summed E-state index contributed by atoms with van der Waals surface area (Å²) in [6, 6.07) is 12.9. The predicted octanol–water partition coefficient (Wildman–Crippen LogP) is 4.73. The van der Waals surface area contributed by atoms with Crippen molar-refractivity contribution in [3.8, 4) is 0 Å². The molecule has 1 amide bonds. The zero-order chi connectivity index (χ0) is 20.9. The molecule has 4 rings (SSSR count). The largest absolute Gasteiger partial charge is 0.448 e. The van der Waals surface area contributed by atoms with E-state index < -0.39 is 6.09 Å². The summed E-state index contributed by atoms with van der Waals surface area (Å²) >= 11 is 3.39. The molecule has 156 valence electrons. The summed E-state index contributed by atoms with van der Waals surface area (Å²) in [6.45, 7) is 2.57. The van der Waals surface area contributed by atoms with Gasteiger partial charge in [0.1, 0.15) is 6.61 Å². The van der Waals surface area contributed by atoms with Crippen molar-refractivity contribution < 1.29 is 18.8 Å². The molecule has 1 fully saturated rings. The van der Waals surface area contributed by atoms with Gasteiger partial charge in [-0.2, -0.15) is 0 Å². The number of ketones is 1. The number of rotatable bonds is 6. The lowest BCUT2D eigenvalue weighted by Gasteiger charge is -2.31. The van der Waals surface area contributed by atoms with Crippen LogP contribution in [0, 0.1) is 5.92 Å². The van der Waals surface area contributed by atoms with Gasteiger partial charge in [-0.15, -0.1) is 0 Å². The second-order valence-corrected chi connectivity index (χ2v) is 8.21. The van der Waals surface area contributed by atoms with Crippen molar-refractivity contribution in [1.29, 1.82) is 0 Å². The van der Waals surface area contributed by atoms with E-state index in [0.29, 0.717) is 17.8 Å². The number of carbonyl (C=O) groups excluding carboxylic acids is 2. The molecule has 1 saturated heterocycles. The highest BCUT2D eigenvalue weighted by Gasteiger charge is 2.25. The van der Waals surface area contributed by atoms with E-state index in [1.165, 1.54) is 0 Å². The first-order valence-electron chi connectivity index (χ1n) is 9.89. The molecule has 0 radical (unpaired) electrons. The Balaban J connectivity index is 1.19. The minimum Gasteiger partial charge on any atom is -0.448 e. The lowest BCUT2D eigenvalue weighted by Crippen LogP contribution is -2.38. The summed E-state index contributed by atoms with van der Waals surface area (Å²) in [5, 5.41) is 7.19. The standard InChI is InChI=1S/C22H22BrN3O4/c23-17-6-4-15(5-7-17)21(27)16-8-10-26(11-9-16)12-13-29-22(28)25-19-2-1-3-20-18(19)14-24-30-20/h1-7,14,16H,8-13H2,(H,25,28). The SMILES string of the molecule is O=C(Nc1cccc2oncc12)OCCN1CCC(C(=O)c2ccc(Br)cc2)CC1. The molecule has 7 nitrogen and oxygen atoms in total. The number of benzene rings is 2. The van der Waals surface area contributed by atoms with Gasteiger partial charge >= 0.3 is 6.09 Å². The number of fused-ring (bicyclic) bond motifs is 1. The van der Waals surface area contributed by atoms with Gasteiger partial charge in [-0.25, -0.2) is 4.79 Å². The predicted molar refractivity (Wildman–Crippen MR) is 117 cm³/mol. The van der Waals surface area contributed by atoms with Gasteiger partial charge in [0.05, 0.1) is 17.3 Å². The first-order chi connectivity index (χ1) is 14.6. The lowest BCUT2D eigenvalue weighted by molar-refractivity contribution is 0.0813. The van der Waals surface area contributed by atoms with E-state index in [9.17, 15) is 9.59 Å². The zero-order valence-electron chi connectivity index (χ0n) is 16.3. The summed E-state index contributed by atoms with van der Waals surface area (Å²) in [4.78, 5) is 27.0. The Labute approximate surface area is 182 Å². The fourth-order valence-electron chi connectivity index (χ4n) is 3.68. The molecule has 0 aliphatic carbocycles. The number of ether oxygens (including phenoxy) is 1. The third-order valence-electron chi connectivity index (χ3n) is 5.36. The van der Waals surface area contributed by atoms with Crippen molar-refractivity contribution in [3.63, 3.8) is 0 Å². The molecule has 8 heteroatoms.